The summed E-state index contributed by atoms with van der Waals surface area (Å²) >= 11 is 6.13. The fraction of sp³-hybridized carbons (Fsp3) is 0.364. The number of para-hydroxylation sites is 1. The number of esters is 1. The average Bonchev–Trinajstić information content (AvgIpc) is 2.80. The maximum atomic E-state index is 13.5. The summed E-state index contributed by atoms with van der Waals surface area (Å²) in [4.78, 5) is 24.5. The molecule has 0 aromatic heterocycles. The van der Waals surface area contributed by atoms with Crippen molar-refractivity contribution >= 4 is 39.2 Å². The third-order valence-corrected chi connectivity index (χ3v) is 7.23. The monoisotopic (exact) mass is 498 g/mol. The first-order chi connectivity index (χ1) is 15.7. The Bertz CT molecular complexity index is 1120. The number of nitrogens with zero attached hydrogens (tertiary/aromatic N) is 1. The first-order valence-electron chi connectivity index (χ1n) is 10.4. The van der Waals surface area contributed by atoms with Crippen molar-refractivity contribution in [2.24, 2.45) is 0 Å². The van der Waals surface area contributed by atoms with Gasteiger partial charge in [-0.3, -0.25) is 4.79 Å². The molecule has 1 heterocycles. The van der Waals surface area contributed by atoms with Crippen molar-refractivity contribution in [3.05, 3.63) is 53.3 Å². The number of hydrogen-bond acceptors (Lipinski definition) is 6. The highest BCUT2D eigenvalue weighted by Gasteiger charge is 2.27. The van der Waals surface area contributed by atoms with E-state index in [-0.39, 0.29) is 21.4 Å². The smallest absolute Gasteiger partial charge is 0.344 e. The van der Waals surface area contributed by atoms with Crippen molar-refractivity contribution in [1.29, 1.82) is 0 Å². The summed E-state index contributed by atoms with van der Waals surface area (Å²) in [5.74, 6) is -2.35. The molecule has 178 valence electrons. The van der Waals surface area contributed by atoms with Gasteiger partial charge < -0.3 is 14.8 Å². The van der Waals surface area contributed by atoms with Gasteiger partial charge in [0.15, 0.2) is 24.3 Å². The first-order valence-corrected chi connectivity index (χ1v) is 12.2. The van der Waals surface area contributed by atoms with Crippen LogP contribution in [-0.2, 0) is 24.3 Å². The highest BCUT2D eigenvalue weighted by molar-refractivity contribution is 7.89. The van der Waals surface area contributed by atoms with Crippen LogP contribution in [0, 0.1) is 5.82 Å². The molecule has 1 unspecified atom stereocenters. The topological polar surface area (TPSA) is 102 Å². The number of nitrogens with one attached hydrogen (secondary N) is 1. The van der Waals surface area contributed by atoms with Crippen LogP contribution < -0.4 is 10.1 Å². The lowest BCUT2D eigenvalue weighted by Crippen LogP contribution is -2.35. The Labute approximate surface area is 196 Å². The Morgan fingerprint density at radius 3 is 2.55 bits per heavy atom. The first kappa shape index (κ1) is 24.9. The van der Waals surface area contributed by atoms with Gasteiger partial charge in [-0.25, -0.2) is 17.6 Å². The lowest BCUT2D eigenvalue weighted by atomic mass is 10.2. The van der Waals surface area contributed by atoms with E-state index < -0.39 is 40.4 Å². The van der Waals surface area contributed by atoms with Gasteiger partial charge in [0.05, 0.1) is 15.6 Å². The minimum absolute atomic E-state index is 0.00651. The summed E-state index contributed by atoms with van der Waals surface area (Å²) in [5, 5.41) is 2.61. The fourth-order valence-electron chi connectivity index (χ4n) is 3.23. The second kappa shape index (κ2) is 11.0. The molecule has 11 heteroatoms. The normalized spacial score (nSPS) is 15.5. The molecule has 0 spiro atoms. The summed E-state index contributed by atoms with van der Waals surface area (Å²) in [6, 6.07) is 9.60. The van der Waals surface area contributed by atoms with Crippen LogP contribution in [0.15, 0.2) is 47.4 Å². The number of benzene rings is 2. The Morgan fingerprint density at radius 2 is 1.85 bits per heavy atom. The van der Waals surface area contributed by atoms with Crippen LogP contribution in [0.2, 0.25) is 5.02 Å². The molecule has 1 fully saturated rings. The minimum atomic E-state index is -3.72. The SMILES string of the molecule is CC(OC(=O)COc1ccccc1F)C(=O)Nc1cc(S(=O)(=O)N2CCCCC2)ccc1Cl. The number of ether oxygens (including phenoxy) is 2. The molecule has 33 heavy (non-hydrogen) atoms. The van der Waals surface area contributed by atoms with Crippen LogP contribution in [0.4, 0.5) is 10.1 Å². The maximum absolute atomic E-state index is 13.5. The van der Waals surface area contributed by atoms with E-state index in [1.807, 2.05) is 0 Å². The highest BCUT2D eigenvalue weighted by Crippen LogP contribution is 2.28. The van der Waals surface area contributed by atoms with Crippen LogP contribution in [0.1, 0.15) is 26.2 Å². The van der Waals surface area contributed by atoms with Gasteiger partial charge in [0, 0.05) is 13.1 Å². The van der Waals surface area contributed by atoms with E-state index in [0.29, 0.717) is 13.1 Å². The van der Waals surface area contributed by atoms with Crippen molar-refractivity contribution in [3.8, 4) is 5.75 Å². The average molecular weight is 499 g/mol. The van der Waals surface area contributed by atoms with E-state index in [2.05, 4.69) is 5.32 Å². The zero-order valence-corrected chi connectivity index (χ0v) is 19.5. The van der Waals surface area contributed by atoms with Crippen LogP contribution in [0.5, 0.6) is 5.75 Å². The van der Waals surface area contributed by atoms with Crippen LogP contribution in [0.25, 0.3) is 0 Å². The largest absolute Gasteiger partial charge is 0.479 e. The van der Waals surface area contributed by atoms with Crippen molar-refractivity contribution in [2.45, 2.75) is 37.2 Å². The molecule has 0 radical (unpaired) electrons. The highest BCUT2D eigenvalue weighted by atomic mass is 35.5. The Kier molecular flexibility index (Phi) is 8.28. The molecule has 0 bridgehead atoms. The molecular formula is C22H24ClFN2O6S. The van der Waals surface area contributed by atoms with Gasteiger partial charge in [-0.1, -0.05) is 30.2 Å². The van der Waals surface area contributed by atoms with E-state index in [0.717, 1.165) is 19.3 Å². The number of piperidine rings is 1. The number of halogens is 2. The van der Waals surface area contributed by atoms with Gasteiger partial charge in [-0.2, -0.15) is 4.31 Å². The standard InChI is InChI=1S/C22H24ClFN2O6S/c1-15(32-21(27)14-31-20-8-4-3-7-18(20)24)22(28)25-19-13-16(9-10-17(19)23)33(29,30)26-11-5-2-6-12-26/h3-4,7-10,13,15H,2,5-6,11-12,14H2,1H3,(H,25,28). The van der Waals surface area contributed by atoms with E-state index >= 15 is 0 Å². The Hall–Kier alpha value is -2.69. The quantitative estimate of drug-likeness (QED) is 0.558. The van der Waals surface area contributed by atoms with E-state index in [4.69, 9.17) is 21.1 Å². The zero-order valence-electron chi connectivity index (χ0n) is 17.9. The van der Waals surface area contributed by atoms with Crippen molar-refractivity contribution < 1.29 is 31.9 Å². The van der Waals surface area contributed by atoms with Gasteiger partial charge in [-0.05, 0) is 50.1 Å². The number of sulfonamides is 1. The number of carbonyl (C=O) groups excluding carboxylic acids is 2. The van der Waals surface area contributed by atoms with Crippen molar-refractivity contribution in [1.82, 2.24) is 4.31 Å². The molecule has 1 atom stereocenters. The second-order valence-electron chi connectivity index (χ2n) is 7.45. The van der Waals surface area contributed by atoms with Gasteiger partial charge in [0.25, 0.3) is 5.91 Å². The molecular weight excluding hydrogens is 475 g/mol. The molecule has 1 amide bonds. The number of rotatable bonds is 8. The lowest BCUT2D eigenvalue weighted by molar-refractivity contribution is -0.155. The molecule has 1 saturated heterocycles. The molecule has 8 nitrogen and oxygen atoms in total. The number of amides is 1. The zero-order chi connectivity index (χ0) is 24.0. The molecule has 2 aromatic carbocycles. The Balaban J connectivity index is 1.61. The lowest BCUT2D eigenvalue weighted by Gasteiger charge is -2.26. The van der Waals surface area contributed by atoms with Crippen LogP contribution in [0.3, 0.4) is 0 Å². The van der Waals surface area contributed by atoms with E-state index in [1.165, 1.54) is 47.6 Å². The van der Waals surface area contributed by atoms with Gasteiger partial charge in [0.2, 0.25) is 10.0 Å². The number of anilines is 1. The summed E-state index contributed by atoms with van der Waals surface area (Å²) in [5.41, 5.74) is 0.0743. The predicted octanol–water partition coefficient (Wildman–Crippen LogP) is 3.60. The summed E-state index contributed by atoms with van der Waals surface area (Å²) < 4.78 is 50.8. The molecule has 0 aliphatic carbocycles. The minimum Gasteiger partial charge on any atom is -0.479 e. The third-order valence-electron chi connectivity index (χ3n) is 5.01. The van der Waals surface area contributed by atoms with Crippen LogP contribution >= 0.6 is 11.6 Å². The van der Waals surface area contributed by atoms with Gasteiger partial charge in [-0.15, -0.1) is 0 Å². The van der Waals surface area contributed by atoms with Crippen molar-refractivity contribution in [3.63, 3.8) is 0 Å². The summed E-state index contributed by atoms with van der Waals surface area (Å²) in [6.45, 7) is 1.62. The Morgan fingerprint density at radius 1 is 1.15 bits per heavy atom. The van der Waals surface area contributed by atoms with Crippen molar-refractivity contribution in [2.75, 3.05) is 25.0 Å². The summed E-state index contributed by atoms with van der Waals surface area (Å²) in [6.07, 6.45) is 1.33. The molecule has 1 N–H and O–H groups in total. The molecule has 1 aliphatic heterocycles. The molecule has 0 saturated carbocycles. The molecule has 3 rings (SSSR count). The predicted molar refractivity (Wildman–Crippen MR) is 120 cm³/mol. The number of hydrogen-bond donors (Lipinski definition) is 1. The van der Waals surface area contributed by atoms with E-state index in [9.17, 15) is 22.4 Å². The van der Waals surface area contributed by atoms with E-state index in [1.54, 1.807) is 6.07 Å². The second-order valence-corrected chi connectivity index (χ2v) is 9.79. The fourth-order valence-corrected chi connectivity index (χ4v) is 4.94. The molecule has 2 aromatic rings. The van der Waals surface area contributed by atoms with Gasteiger partial charge >= 0.3 is 5.97 Å². The molecule has 1 aliphatic rings. The van der Waals surface area contributed by atoms with Gasteiger partial charge in [0.1, 0.15) is 0 Å². The third kappa shape index (κ3) is 6.43. The summed E-state index contributed by atoms with van der Waals surface area (Å²) in [7, 11) is -3.72. The maximum Gasteiger partial charge on any atom is 0.344 e. The van der Waals surface area contributed by atoms with Crippen LogP contribution in [-0.4, -0.2) is 50.4 Å². The number of carbonyl (C=O) groups is 2.